The maximum Gasteiger partial charge on any atom is 0.142 e. The molecule has 0 aliphatic carbocycles. The van der Waals surface area contributed by atoms with Crippen LogP contribution in [0.3, 0.4) is 0 Å². The van der Waals surface area contributed by atoms with E-state index < -0.39 is 0 Å². The largest absolute Gasteiger partial charge is 0.370 e. The zero-order valence-electron chi connectivity index (χ0n) is 16.5. The van der Waals surface area contributed by atoms with Gasteiger partial charge in [-0.05, 0) is 44.5 Å². The van der Waals surface area contributed by atoms with E-state index in [0.717, 1.165) is 30.8 Å². The number of nitrogens with zero attached hydrogens (tertiary/aromatic N) is 5. The van der Waals surface area contributed by atoms with Crippen LogP contribution in [0.4, 0.5) is 5.69 Å². The number of aromatic nitrogens is 2. The summed E-state index contributed by atoms with van der Waals surface area (Å²) in [4.78, 5) is 4.95. The van der Waals surface area contributed by atoms with E-state index in [9.17, 15) is 5.26 Å². The molecule has 2 aromatic rings. The number of piperidine rings is 1. The average molecular weight is 380 g/mol. The van der Waals surface area contributed by atoms with Crippen molar-refractivity contribution in [2.75, 3.05) is 50.7 Å². The van der Waals surface area contributed by atoms with Crippen LogP contribution in [0, 0.1) is 16.7 Å². The molecule has 5 rings (SSSR count). The first-order chi connectivity index (χ1) is 13.7. The molecule has 3 aliphatic rings. The van der Waals surface area contributed by atoms with Crippen LogP contribution in [-0.2, 0) is 4.74 Å². The van der Waals surface area contributed by atoms with Crippen molar-refractivity contribution in [3.63, 3.8) is 0 Å². The van der Waals surface area contributed by atoms with E-state index in [-0.39, 0.29) is 12.2 Å². The van der Waals surface area contributed by atoms with Crippen LogP contribution in [-0.4, -0.2) is 72.5 Å². The van der Waals surface area contributed by atoms with Crippen molar-refractivity contribution < 1.29 is 4.74 Å². The number of likely N-dealkylation sites (tertiary alicyclic amines) is 1. The number of nitrogens with one attached hydrogen (secondary N) is 1. The molecule has 0 aromatic carbocycles. The molecule has 7 heteroatoms. The highest BCUT2D eigenvalue weighted by Gasteiger charge is 2.44. The molecule has 1 spiro atoms. The lowest BCUT2D eigenvalue weighted by Crippen LogP contribution is -2.64. The molecule has 3 fully saturated rings. The lowest BCUT2D eigenvalue weighted by Gasteiger charge is -2.54. The fraction of sp³-hybridized carbons (Fsp3) is 0.619. The Kier molecular flexibility index (Phi) is 4.50. The first kappa shape index (κ1) is 17.9. The normalized spacial score (nSPS) is 27.6. The van der Waals surface area contributed by atoms with Crippen LogP contribution in [0.5, 0.6) is 0 Å². The van der Waals surface area contributed by atoms with Crippen LogP contribution in [0.15, 0.2) is 24.4 Å². The first-order valence-corrected chi connectivity index (χ1v) is 10.4. The second-order valence-corrected chi connectivity index (χ2v) is 8.77. The third-order valence-electron chi connectivity index (χ3n) is 6.45. The Morgan fingerprint density at radius 2 is 2.21 bits per heavy atom. The topological polar surface area (TPSA) is 68.8 Å². The van der Waals surface area contributed by atoms with Crippen LogP contribution in [0.2, 0.25) is 0 Å². The zero-order chi connectivity index (χ0) is 19.1. The van der Waals surface area contributed by atoms with Crippen molar-refractivity contribution >= 4 is 11.2 Å². The fourth-order valence-corrected chi connectivity index (χ4v) is 5.32. The maximum absolute atomic E-state index is 9.32. The summed E-state index contributed by atoms with van der Waals surface area (Å²) < 4.78 is 8.02. The summed E-state index contributed by atoms with van der Waals surface area (Å²) in [6, 6.07) is 8.12. The number of ether oxygens (including phenoxy) is 1. The van der Waals surface area contributed by atoms with Crippen molar-refractivity contribution in [2.24, 2.45) is 5.41 Å². The van der Waals surface area contributed by atoms with Crippen molar-refractivity contribution in [1.29, 1.82) is 5.26 Å². The van der Waals surface area contributed by atoms with Gasteiger partial charge in [0, 0.05) is 44.7 Å². The van der Waals surface area contributed by atoms with Gasteiger partial charge in [-0.25, -0.2) is 4.52 Å². The van der Waals surface area contributed by atoms with E-state index in [1.807, 2.05) is 12.1 Å². The standard InChI is InChI=1S/C21H28N6O/c1-16-10-26(19-4-3-17(9-22)27-20(19)5-8-24-27)12-18(28-16)11-25-14-21(15-25)6-2-7-23-13-21/h3-5,8,16,18,23H,2,6-7,10-15H2,1H3/t16-,18+/m1/s1. The van der Waals surface area contributed by atoms with E-state index in [2.05, 4.69) is 39.3 Å². The molecule has 0 bridgehead atoms. The van der Waals surface area contributed by atoms with E-state index in [1.54, 1.807) is 10.7 Å². The molecule has 1 N–H and O–H groups in total. The van der Waals surface area contributed by atoms with Crippen molar-refractivity contribution in [3.05, 3.63) is 30.1 Å². The maximum atomic E-state index is 9.32. The van der Waals surface area contributed by atoms with Gasteiger partial charge in [0.05, 0.1) is 29.6 Å². The van der Waals surface area contributed by atoms with Gasteiger partial charge in [0.2, 0.25) is 0 Å². The minimum atomic E-state index is 0.184. The highest BCUT2D eigenvalue weighted by Crippen LogP contribution is 2.37. The van der Waals surface area contributed by atoms with E-state index in [0.29, 0.717) is 11.1 Å². The molecule has 0 unspecified atom stereocenters. The third-order valence-corrected chi connectivity index (χ3v) is 6.45. The lowest BCUT2D eigenvalue weighted by molar-refractivity contribution is -0.0788. The molecule has 0 radical (unpaired) electrons. The molecule has 3 saturated heterocycles. The number of fused-ring (bicyclic) bond motifs is 1. The van der Waals surface area contributed by atoms with Crippen molar-refractivity contribution in [2.45, 2.75) is 32.0 Å². The molecule has 0 amide bonds. The number of morpholine rings is 1. The monoisotopic (exact) mass is 380 g/mol. The molecule has 2 aromatic heterocycles. The van der Waals surface area contributed by atoms with Crippen LogP contribution < -0.4 is 10.2 Å². The van der Waals surface area contributed by atoms with Crippen molar-refractivity contribution in [3.8, 4) is 6.07 Å². The quantitative estimate of drug-likeness (QED) is 0.870. The Balaban J connectivity index is 1.29. The number of hydrogen-bond donors (Lipinski definition) is 1. The van der Waals surface area contributed by atoms with E-state index >= 15 is 0 Å². The van der Waals surface area contributed by atoms with Gasteiger partial charge in [0.15, 0.2) is 0 Å². The summed E-state index contributed by atoms with van der Waals surface area (Å²) in [7, 11) is 0. The van der Waals surface area contributed by atoms with Gasteiger partial charge in [-0.1, -0.05) is 0 Å². The highest BCUT2D eigenvalue weighted by atomic mass is 16.5. The average Bonchev–Trinajstić information content (AvgIpc) is 3.16. The Morgan fingerprint density at radius 3 is 3.00 bits per heavy atom. The van der Waals surface area contributed by atoms with Gasteiger partial charge in [-0.2, -0.15) is 10.4 Å². The highest BCUT2D eigenvalue weighted by molar-refractivity contribution is 5.74. The fourth-order valence-electron chi connectivity index (χ4n) is 5.32. The summed E-state index contributed by atoms with van der Waals surface area (Å²) in [6.07, 6.45) is 4.81. The number of pyridine rings is 1. The predicted molar refractivity (Wildman–Crippen MR) is 107 cm³/mol. The van der Waals surface area contributed by atoms with Gasteiger partial charge < -0.3 is 15.0 Å². The minimum Gasteiger partial charge on any atom is -0.370 e. The summed E-state index contributed by atoms with van der Waals surface area (Å²) in [5.74, 6) is 0. The van der Waals surface area contributed by atoms with Crippen LogP contribution >= 0.6 is 0 Å². The molecule has 5 heterocycles. The molecule has 0 saturated carbocycles. The molecular formula is C21H28N6O. The SMILES string of the molecule is C[C@@H]1CN(c2ccc(C#N)n3nccc23)C[C@H](CN2CC3(CCCNC3)C2)O1. The number of anilines is 1. The Bertz CT molecular complexity index is 888. The summed E-state index contributed by atoms with van der Waals surface area (Å²) in [5.41, 5.74) is 3.19. The molecule has 148 valence electrons. The molecular weight excluding hydrogens is 352 g/mol. The second-order valence-electron chi connectivity index (χ2n) is 8.77. The van der Waals surface area contributed by atoms with E-state index in [4.69, 9.17) is 4.74 Å². The third kappa shape index (κ3) is 3.16. The summed E-state index contributed by atoms with van der Waals surface area (Å²) in [5, 5.41) is 17.2. The zero-order valence-corrected chi connectivity index (χ0v) is 16.5. The Morgan fingerprint density at radius 1 is 1.32 bits per heavy atom. The first-order valence-electron chi connectivity index (χ1n) is 10.4. The Hall–Kier alpha value is -2.14. The summed E-state index contributed by atoms with van der Waals surface area (Å²) in [6.45, 7) is 9.61. The summed E-state index contributed by atoms with van der Waals surface area (Å²) >= 11 is 0. The second kappa shape index (κ2) is 7.03. The lowest BCUT2D eigenvalue weighted by atomic mass is 9.74. The van der Waals surface area contributed by atoms with Crippen LogP contribution in [0.25, 0.3) is 5.52 Å². The van der Waals surface area contributed by atoms with Gasteiger partial charge in [-0.3, -0.25) is 4.90 Å². The van der Waals surface area contributed by atoms with Crippen LogP contribution in [0.1, 0.15) is 25.5 Å². The van der Waals surface area contributed by atoms with Gasteiger partial charge in [0.1, 0.15) is 11.8 Å². The van der Waals surface area contributed by atoms with Crippen molar-refractivity contribution in [1.82, 2.24) is 19.8 Å². The number of hydrogen-bond acceptors (Lipinski definition) is 6. The molecule has 3 aliphatic heterocycles. The Labute approximate surface area is 165 Å². The molecule has 7 nitrogen and oxygen atoms in total. The van der Waals surface area contributed by atoms with Gasteiger partial charge in [-0.15, -0.1) is 0 Å². The van der Waals surface area contributed by atoms with Gasteiger partial charge >= 0.3 is 0 Å². The minimum absolute atomic E-state index is 0.184. The molecule has 2 atom stereocenters. The van der Waals surface area contributed by atoms with Gasteiger partial charge in [0.25, 0.3) is 0 Å². The predicted octanol–water partition coefficient (Wildman–Crippen LogP) is 1.49. The van der Waals surface area contributed by atoms with E-state index in [1.165, 1.54) is 39.0 Å². The number of rotatable bonds is 3. The smallest absolute Gasteiger partial charge is 0.142 e. The number of nitriles is 1. The molecule has 28 heavy (non-hydrogen) atoms.